The first-order valence-corrected chi connectivity index (χ1v) is 15.2. The summed E-state index contributed by atoms with van der Waals surface area (Å²) in [6, 6.07) is 0. The average molecular weight is 472 g/mol. The maximum absolute atomic E-state index is 12.5. The van der Waals surface area contributed by atoms with Crippen LogP contribution < -0.4 is 5.32 Å². The highest BCUT2D eigenvalue weighted by atomic mass is 32.2. The number of rotatable bonds is 4. The van der Waals surface area contributed by atoms with Gasteiger partial charge in [0.05, 0.1) is 0 Å². The summed E-state index contributed by atoms with van der Waals surface area (Å²) in [7, 11) is 0.256. The molecule has 1 saturated carbocycles. The molecule has 1 aliphatic carbocycles. The second-order valence-electron chi connectivity index (χ2n) is 8.64. The summed E-state index contributed by atoms with van der Waals surface area (Å²) < 4.78 is 23.1. The molecule has 0 radical (unpaired) electrons. The van der Waals surface area contributed by atoms with Crippen molar-refractivity contribution in [2.75, 3.05) is 25.6 Å². The molecule has 1 fully saturated rings. The van der Waals surface area contributed by atoms with Gasteiger partial charge in [0, 0.05) is 12.0 Å². The monoisotopic (exact) mass is 471 g/mol. The van der Waals surface area contributed by atoms with Crippen molar-refractivity contribution in [2.45, 2.75) is 140 Å². The van der Waals surface area contributed by atoms with E-state index < -0.39 is 15.2 Å². The van der Waals surface area contributed by atoms with E-state index in [1.165, 1.54) is 32.1 Å². The molecule has 198 valence electrons. The van der Waals surface area contributed by atoms with Gasteiger partial charge in [-0.3, -0.25) is 4.21 Å². The predicted molar refractivity (Wildman–Crippen MR) is 152 cm³/mol. The van der Waals surface area contributed by atoms with E-state index in [-0.39, 0.29) is 0 Å². The van der Waals surface area contributed by atoms with Crippen LogP contribution in [0.4, 0.5) is 4.39 Å². The normalized spacial score (nSPS) is 19.4. The topological polar surface area (TPSA) is 29.1 Å². The minimum atomic E-state index is -1.67. The van der Waals surface area contributed by atoms with E-state index >= 15 is 0 Å². The van der Waals surface area contributed by atoms with Crippen LogP contribution in [-0.2, 0) is 9.52 Å². The fraction of sp³-hybridized carbons (Fsp3) is 0.963. The fourth-order valence-corrected chi connectivity index (χ4v) is 2.69. The molecule has 1 atom stereocenters. The van der Waals surface area contributed by atoms with Crippen molar-refractivity contribution in [1.82, 2.24) is 5.32 Å². The van der Waals surface area contributed by atoms with E-state index in [2.05, 4.69) is 80.4 Å². The van der Waals surface area contributed by atoms with Crippen LogP contribution >= 0.6 is 0 Å². The summed E-state index contributed by atoms with van der Waals surface area (Å²) in [6.45, 7) is 26.0. The molecular weight excluding hydrogens is 405 g/mol. The average Bonchev–Trinajstić information content (AvgIpc) is 2.62. The van der Waals surface area contributed by atoms with Crippen molar-refractivity contribution in [3.05, 3.63) is 0 Å². The third kappa shape index (κ3) is 92.0. The number of alkyl halides is 1. The molecule has 0 amide bonds. The van der Waals surface area contributed by atoms with Gasteiger partial charge in [-0.1, -0.05) is 108 Å². The standard InChI is InChI=1S/C6H11F.C5H12OS.C4H10.C3H9N.3C3H8/c1-5-3-6(2,7)4-5;1-4-5-7(2,3)6;2*1-3-4-2;3*1-3-2/h5H,3-4H2,1-2H3;2,4-5H2,1,3H3;3-4H2,1-2H3;4H,3H2,1-2H3;3*3H2,1-2H3. The highest BCUT2D eigenvalue weighted by Gasteiger charge is 2.37. The first kappa shape index (κ1) is 44.6. The zero-order chi connectivity index (χ0) is 26.4. The van der Waals surface area contributed by atoms with Crippen LogP contribution in [0, 0.1) is 5.92 Å². The summed E-state index contributed by atoms with van der Waals surface area (Å²) in [5.74, 6) is 4.88. The lowest BCUT2D eigenvalue weighted by atomic mass is 9.75. The Hall–Kier alpha value is -0.0900. The van der Waals surface area contributed by atoms with E-state index in [1.54, 1.807) is 13.2 Å². The molecular formula is C27H66FNOS. The molecule has 0 aromatic heterocycles. The molecule has 2 nitrogen and oxygen atoms in total. The molecule has 0 aromatic rings. The number of unbranched alkanes of at least 4 members (excludes halogenated alkanes) is 1. The van der Waals surface area contributed by atoms with E-state index in [9.17, 15) is 8.60 Å². The molecule has 0 heterocycles. The Morgan fingerprint density at radius 1 is 0.871 bits per heavy atom. The molecule has 0 aliphatic heterocycles. The number of hydrogen-bond donors (Lipinski definition) is 1. The smallest absolute Gasteiger partial charge is 0.108 e. The fourth-order valence-electron chi connectivity index (χ4n) is 1.83. The van der Waals surface area contributed by atoms with Gasteiger partial charge in [-0.2, -0.15) is 0 Å². The van der Waals surface area contributed by atoms with Gasteiger partial charge in [-0.15, -0.1) is 0 Å². The third-order valence-electron chi connectivity index (χ3n) is 3.04. The van der Waals surface area contributed by atoms with E-state index in [0.29, 0.717) is 5.92 Å². The predicted octanol–water partition coefficient (Wildman–Crippen LogP) is 9.17. The zero-order valence-electron chi connectivity index (χ0n) is 24.5. The Labute approximate surface area is 201 Å². The first-order valence-electron chi connectivity index (χ1n) is 12.9. The summed E-state index contributed by atoms with van der Waals surface area (Å²) >= 11 is 0. The summed E-state index contributed by atoms with van der Waals surface area (Å²) in [5.41, 5.74) is -0.806. The lowest BCUT2D eigenvalue weighted by Gasteiger charge is -2.36. The second-order valence-corrected chi connectivity index (χ2v) is 11.4. The van der Waals surface area contributed by atoms with E-state index in [4.69, 9.17) is 0 Å². The highest BCUT2D eigenvalue weighted by Crippen LogP contribution is 2.39. The highest BCUT2D eigenvalue weighted by molar-refractivity contribution is 7.99. The minimum absolute atomic E-state index is 0.634. The quantitative estimate of drug-likeness (QED) is 0.414. The van der Waals surface area contributed by atoms with Crippen LogP contribution in [0.15, 0.2) is 0 Å². The Balaban J connectivity index is -0.0000000611. The number of halogens is 1. The number of hydrogen-bond acceptors (Lipinski definition) is 2. The van der Waals surface area contributed by atoms with Crippen LogP contribution in [0.25, 0.3) is 0 Å². The van der Waals surface area contributed by atoms with Crippen molar-refractivity contribution >= 4 is 15.4 Å². The minimum Gasteiger partial charge on any atom is -0.320 e. The molecule has 1 rings (SSSR count). The summed E-state index contributed by atoms with van der Waals surface area (Å²) in [5, 5.41) is 2.93. The van der Waals surface area contributed by atoms with Crippen molar-refractivity contribution in [3.8, 4) is 0 Å². The lowest BCUT2D eigenvalue weighted by molar-refractivity contribution is 0.0347. The third-order valence-corrected chi connectivity index (χ3v) is 4.31. The van der Waals surface area contributed by atoms with Crippen molar-refractivity contribution in [1.29, 1.82) is 0 Å². The summed E-state index contributed by atoms with van der Waals surface area (Å²) in [4.78, 5) is 0. The molecule has 0 bridgehead atoms. The van der Waals surface area contributed by atoms with Crippen molar-refractivity contribution in [2.24, 2.45) is 5.92 Å². The van der Waals surface area contributed by atoms with Crippen LogP contribution in [0.1, 0.15) is 134 Å². The first-order chi connectivity index (χ1) is 14.2. The van der Waals surface area contributed by atoms with Gasteiger partial charge >= 0.3 is 0 Å². The molecule has 1 aliphatic rings. The Morgan fingerprint density at radius 2 is 1.13 bits per heavy atom. The Kier molecular flexibility index (Phi) is 53.5. The van der Waals surface area contributed by atoms with Crippen molar-refractivity contribution < 1.29 is 8.60 Å². The van der Waals surface area contributed by atoms with E-state index in [1.807, 2.05) is 14.0 Å². The zero-order valence-corrected chi connectivity index (χ0v) is 25.4. The van der Waals surface area contributed by atoms with Crippen LogP contribution in [-0.4, -0.2) is 41.3 Å². The van der Waals surface area contributed by atoms with Gasteiger partial charge in [0.1, 0.15) is 5.67 Å². The van der Waals surface area contributed by atoms with E-state index in [0.717, 1.165) is 31.6 Å². The molecule has 1 N–H and O–H groups in total. The van der Waals surface area contributed by atoms with Gasteiger partial charge in [-0.25, -0.2) is 4.39 Å². The second kappa shape index (κ2) is 37.2. The van der Waals surface area contributed by atoms with Gasteiger partial charge in [0.2, 0.25) is 0 Å². The molecule has 1 unspecified atom stereocenters. The summed E-state index contributed by atoms with van der Waals surface area (Å²) in [6.07, 6.45) is 10.6. The number of nitrogens with one attached hydrogen (secondary N) is 1. The largest absolute Gasteiger partial charge is 0.320 e. The maximum atomic E-state index is 12.5. The lowest BCUT2D eigenvalue weighted by Crippen LogP contribution is -2.34. The van der Waals surface area contributed by atoms with Crippen LogP contribution in [0.3, 0.4) is 0 Å². The van der Waals surface area contributed by atoms with Crippen molar-refractivity contribution in [3.63, 3.8) is 0 Å². The molecule has 0 aromatic carbocycles. The maximum Gasteiger partial charge on any atom is 0.108 e. The van der Waals surface area contributed by atoms with Gasteiger partial charge in [-0.05, 0) is 61.1 Å². The molecule has 31 heavy (non-hydrogen) atoms. The Morgan fingerprint density at radius 3 is 1.13 bits per heavy atom. The van der Waals surface area contributed by atoms with Crippen LogP contribution in [0.2, 0.25) is 0 Å². The molecule has 0 spiro atoms. The van der Waals surface area contributed by atoms with Crippen LogP contribution in [0.5, 0.6) is 0 Å². The van der Waals surface area contributed by atoms with Gasteiger partial charge < -0.3 is 5.32 Å². The SMILES string of the molecule is C=S(C)(=O)CCC.CC1CC(C)(F)C1.CCC.CCC.CCC.CCCC.CCNC. The molecule has 0 saturated heterocycles. The molecule has 4 heteroatoms. The van der Waals surface area contributed by atoms with Gasteiger partial charge in [0.15, 0.2) is 0 Å². The van der Waals surface area contributed by atoms with Gasteiger partial charge in [0.25, 0.3) is 0 Å². The Bertz CT molecular complexity index is 333.